The van der Waals surface area contributed by atoms with Gasteiger partial charge in [-0.25, -0.2) is 4.79 Å². The van der Waals surface area contributed by atoms with E-state index in [-0.39, 0.29) is 16.2 Å². The van der Waals surface area contributed by atoms with Crippen molar-refractivity contribution in [2.24, 2.45) is 0 Å². The second-order valence-corrected chi connectivity index (χ2v) is 6.00. The summed E-state index contributed by atoms with van der Waals surface area (Å²) in [5.41, 5.74) is -0.248. The Balaban J connectivity index is 2.65. The Kier molecular flexibility index (Phi) is 5.72. The van der Waals surface area contributed by atoms with Crippen molar-refractivity contribution in [2.75, 3.05) is 13.7 Å². The molecule has 1 heterocycles. The molecule has 136 valence electrons. The standard InChI is InChI=1S/C17H19F3N2O2S/c1-4-9-22-10(2)13(15(23)24-3)14(21-16(22)25)11-7-5-6-8-12(11)17(18,19)20/h5-8,14H,4,9H2,1-3H3,(H,21,25). The predicted molar refractivity (Wildman–Crippen MR) is 91.6 cm³/mol. The highest BCUT2D eigenvalue weighted by Gasteiger charge is 2.40. The van der Waals surface area contributed by atoms with Gasteiger partial charge in [-0.1, -0.05) is 25.1 Å². The summed E-state index contributed by atoms with van der Waals surface area (Å²) in [5.74, 6) is -0.685. The van der Waals surface area contributed by atoms with Gasteiger partial charge >= 0.3 is 12.1 Å². The van der Waals surface area contributed by atoms with Crippen LogP contribution in [0.4, 0.5) is 13.2 Å². The summed E-state index contributed by atoms with van der Waals surface area (Å²) in [6, 6.07) is 4.12. The number of hydrogen-bond acceptors (Lipinski definition) is 3. The van der Waals surface area contributed by atoms with Crippen LogP contribution in [-0.4, -0.2) is 29.6 Å². The van der Waals surface area contributed by atoms with E-state index >= 15 is 0 Å². The Morgan fingerprint density at radius 1 is 1.36 bits per heavy atom. The summed E-state index contributed by atoms with van der Waals surface area (Å²) < 4.78 is 45.0. The number of ether oxygens (including phenoxy) is 1. The Labute approximate surface area is 149 Å². The van der Waals surface area contributed by atoms with Gasteiger partial charge in [0, 0.05) is 12.2 Å². The van der Waals surface area contributed by atoms with E-state index in [0.717, 1.165) is 12.5 Å². The maximum absolute atomic E-state index is 13.4. The molecule has 4 nitrogen and oxygen atoms in total. The molecule has 1 aromatic rings. The lowest BCUT2D eigenvalue weighted by atomic mass is 9.91. The quantitative estimate of drug-likeness (QED) is 0.643. The van der Waals surface area contributed by atoms with E-state index in [2.05, 4.69) is 5.32 Å². The summed E-state index contributed by atoms with van der Waals surface area (Å²) in [6.45, 7) is 4.16. The zero-order chi connectivity index (χ0) is 18.8. The number of thiocarbonyl (C=S) groups is 1. The van der Waals surface area contributed by atoms with Crippen LogP contribution in [0.2, 0.25) is 0 Å². The minimum atomic E-state index is -4.55. The zero-order valence-electron chi connectivity index (χ0n) is 14.1. The van der Waals surface area contributed by atoms with E-state index in [1.54, 1.807) is 11.8 Å². The van der Waals surface area contributed by atoms with Crippen molar-refractivity contribution in [1.82, 2.24) is 10.2 Å². The Morgan fingerprint density at radius 3 is 2.56 bits per heavy atom. The van der Waals surface area contributed by atoms with Crippen LogP contribution in [-0.2, 0) is 15.7 Å². The molecule has 1 aliphatic heterocycles. The van der Waals surface area contributed by atoms with Gasteiger partial charge in [-0.05, 0) is 37.2 Å². The summed E-state index contributed by atoms with van der Waals surface area (Å²) in [6.07, 6.45) is -3.78. The molecular weight excluding hydrogens is 353 g/mol. The monoisotopic (exact) mass is 372 g/mol. The van der Waals surface area contributed by atoms with E-state index in [1.165, 1.54) is 25.3 Å². The van der Waals surface area contributed by atoms with Gasteiger partial charge in [-0.2, -0.15) is 13.2 Å². The molecule has 0 spiro atoms. The van der Waals surface area contributed by atoms with Crippen molar-refractivity contribution in [2.45, 2.75) is 32.5 Å². The first kappa shape index (κ1) is 19.2. The number of benzene rings is 1. The van der Waals surface area contributed by atoms with E-state index in [0.29, 0.717) is 12.2 Å². The minimum Gasteiger partial charge on any atom is -0.466 e. The molecular formula is C17H19F3N2O2S. The summed E-state index contributed by atoms with van der Waals surface area (Å²) >= 11 is 5.31. The topological polar surface area (TPSA) is 41.6 Å². The normalized spacial score (nSPS) is 18.2. The number of nitrogens with one attached hydrogen (secondary N) is 1. The number of rotatable bonds is 4. The third-order valence-electron chi connectivity index (χ3n) is 4.03. The lowest BCUT2D eigenvalue weighted by Gasteiger charge is -2.38. The molecule has 1 aromatic carbocycles. The smallest absolute Gasteiger partial charge is 0.416 e. The largest absolute Gasteiger partial charge is 0.466 e. The molecule has 1 N–H and O–H groups in total. The first-order chi connectivity index (χ1) is 11.7. The van der Waals surface area contributed by atoms with Gasteiger partial charge < -0.3 is 15.0 Å². The van der Waals surface area contributed by atoms with Crippen molar-refractivity contribution in [3.63, 3.8) is 0 Å². The Bertz CT molecular complexity index is 716. The molecule has 0 aliphatic carbocycles. The van der Waals surface area contributed by atoms with E-state index in [9.17, 15) is 18.0 Å². The van der Waals surface area contributed by atoms with Gasteiger partial charge in [0.15, 0.2) is 5.11 Å². The van der Waals surface area contributed by atoms with Crippen molar-refractivity contribution < 1.29 is 22.7 Å². The molecule has 0 bridgehead atoms. The molecule has 0 radical (unpaired) electrons. The lowest BCUT2D eigenvalue weighted by Crippen LogP contribution is -2.48. The highest BCUT2D eigenvalue weighted by atomic mass is 32.1. The van der Waals surface area contributed by atoms with Crippen LogP contribution in [0.5, 0.6) is 0 Å². The second-order valence-electron chi connectivity index (χ2n) is 5.61. The van der Waals surface area contributed by atoms with Crippen LogP contribution in [0.3, 0.4) is 0 Å². The fourth-order valence-corrected chi connectivity index (χ4v) is 3.23. The molecule has 8 heteroatoms. The molecule has 0 saturated heterocycles. The third-order valence-corrected chi connectivity index (χ3v) is 4.36. The number of allylic oxidation sites excluding steroid dienone is 1. The second kappa shape index (κ2) is 7.43. The fourth-order valence-electron chi connectivity index (χ4n) is 2.89. The maximum atomic E-state index is 13.4. The summed E-state index contributed by atoms with van der Waals surface area (Å²) in [4.78, 5) is 14.0. The van der Waals surface area contributed by atoms with Gasteiger partial charge in [0.1, 0.15) is 0 Å². The summed E-state index contributed by atoms with van der Waals surface area (Å²) in [5, 5.41) is 3.16. The van der Waals surface area contributed by atoms with Crippen LogP contribution in [0, 0.1) is 0 Å². The lowest BCUT2D eigenvalue weighted by molar-refractivity contribution is -0.139. The highest BCUT2D eigenvalue weighted by molar-refractivity contribution is 7.80. The molecule has 0 fully saturated rings. The average Bonchev–Trinajstić information content (AvgIpc) is 2.56. The molecule has 2 rings (SSSR count). The van der Waals surface area contributed by atoms with Crippen molar-refractivity contribution in [3.05, 3.63) is 46.7 Å². The molecule has 0 amide bonds. The average molecular weight is 372 g/mol. The van der Waals surface area contributed by atoms with Crippen molar-refractivity contribution >= 4 is 23.3 Å². The van der Waals surface area contributed by atoms with Gasteiger partial charge in [0.2, 0.25) is 0 Å². The fraction of sp³-hybridized carbons (Fsp3) is 0.412. The number of carbonyl (C=O) groups excluding carboxylic acids is 1. The molecule has 1 unspecified atom stereocenters. The number of halogens is 3. The number of hydrogen-bond donors (Lipinski definition) is 1. The molecule has 0 saturated carbocycles. The van der Waals surface area contributed by atoms with Gasteiger partial charge in [0.05, 0.1) is 24.3 Å². The van der Waals surface area contributed by atoms with E-state index < -0.39 is 23.8 Å². The van der Waals surface area contributed by atoms with E-state index in [1.807, 2.05) is 6.92 Å². The maximum Gasteiger partial charge on any atom is 0.416 e. The Morgan fingerprint density at radius 2 is 2.00 bits per heavy atom. The number of alkyl halides is 3. The number of methoxy groups -OCH3 is 1. The number of carbonyl (C=O) groups is 1. The molecule has 0 aromatic heterocycles. The van der Waals surface area contributed by atoms with Crippen LogP contribution in [0.15, 0.2) is 35.5 Å². The first-order valence-corrected chi connectivity index (χ1v) is 8.16. The highest BCUT2D eigenvalue weighted by Crippen LogP contribution is 2.39. The Hall–Kier alpha value is -2.09. The predicted octanol–water partition coefficient (Wildman–Crippen LogP) is 3.79. The first-order valence-electron chi connectivity index (χ1n) is 7.75. The van der Waals surface area contributed by atoms with E-state index in [4.69, 9.17) is 17.0 Å². The summed E-state index contributed by atoms with van der Waals surface area (Å²) in [7, 11) is 1.20. The van der Waals surface area contributed by atoms with Gasteiger partial charge in [-0.15, -0.1) is 0 Å². The van der Waals surface area contributed by atoms with Crippen LogP contribution in [0.25, 0.3) is 0 Å². The molecule has 1 atom stereocenters. The third kappa shape index (κ3) is 3.78. The number of nitrogens with zero attached hydrogens (tertiary/aromatic N) is 1. The SMILES string of the molecule is CCCN1C(=S)NC(c2ccccc2C(F)(F)F)C(C(=O)OC)=C1C. The van der Waals surface area contributed by atoms with Crippen LogP contribution in [0.1, 0.15) is 37.4 Å². The molecule has 1 aliphatic rings. The zero-order valence-corrected chi connectivity index (χ0v) is 14.9. The van der Waals surface area contributed by atoms with Crippen LogP contribution < -0.4 is 5.32 Å². The van der Waals surface area contributed by atoms with Crippen LogP contribution >= 0.6 is 12.2 Å². The van der Waals surface area contributed by atoms with Gasteiger partial charge in [-0.3, -0.25) is 0 Å². The van der Waals surface area contributed by atoms with Gasteiger partial charge in [0.25, 0.3) is 0 Å². The minimum absolute atomic E-state index is 0.0618. The number of esters is 1. The van der Waals surface area contributed by atoms with Crippen molar-refractivity contribution in [3.8, 4) is 0 Å². The molecule has 25 heavy (non-hydrogen) atoms. The van der Waals surface area contributed by atoms with Crippen molar-refractivity contribution in [1.29, 1.82) is 0 Å².